The van der Waals surface area contributed by atoms with Gasteiger partial charge in [0.2, 0.25) is 0 Å². The van der Waals surface area contributed by atoms with Crippen molar-refractivity contribution in [1.82, 2.24) is 20.3 Å². The van der Waals surface area contributed by atoms with Gasteiger partial charge in [0, 0.05) is 6.54 Å². The summed E-state index contributed by atoms with van der Waals surface area (Å²) < 4.78 is 36.2. The quantitative estimate of drug-likeness (QED) is 0.608. The van der Waals surface area contributed by atoms with Gasteiger partial charge < -0.3 is 14.8 Å². The highest BCUT2D eigenvalue weighted by Crippen LogP contribution is 2.29. The molecule has 0 atom stereocenters. The standard InChI is InChI=1S/C21H22F2N4O3/c1-13-5-4-6-16(11-13)27-14(2)19(25-26-27)20(28)24-10-9-15-7-8-17(29-3)18(12-15)30-21(22)23/h4-8,11-12,21H,9-10H2,1-3H3,(H,24,28). The molecule has 9 heteroatoms. The van der Waals surface area contributed by atoms with Crippen LogP contribution in [0, 0.1) is 13.8 Å². The van der Waals surface area contributed by atoms with Crippen LogP contribution in [0.3, 0.4) is 0 Å². The molecule has 0 unspecified atom stereocenters. The summed E-state index contributed by atoms with van der Waals surface area (Å²) in [6, 6.07) is 12.5. The molecule has 30 heavy (non-hydrogen) atoms. The molecular formula is C21H22F2N4O3. The lowest BCUT2D eigenvalue weighted by atomic mass is 10.1. The molecule has 0 saturated heterocycles. The molecule has 0 fully saturated rings. The van der Waals surface area contributed by atoms with E-state index in [-0.39, 0.29) is 29.6 Å². The maximum atomic E-state index is 12.5. The number of methoxy groups -OCH3 is 1. The Hall–Kier alpha value is -3.49. The minimum absolute atomic E-state index is 0.0479. The van der Waals surface area contributed by atoms with Crippen molar-refractivity contribution >= 4 is 5.91 Å². The predicted octanol–water partition coefficient (Wildman–Crippen LogP) is 3.47. The van der Waals surface area contributed by atoms with Gasteiger partial charge in [-0.05, 0) is 55.7 Å². The second kappa shape index (κ2) is 9.34. The highest BCUT2D eigenvalue weighted by Gasteiger charge is 2.17. The van der Waals surface area contributed by atoms with E-state index in [1.54, 1.807) is 23.7 Å². The molecular weight excluding hydrogens is 394 g/mol. The first-order chi connectivity index (χ1) is 14.4. The molecule has 1 aromatic heterocycles. The van der Waals surface area contributed by atoms with Crippen molar-refractivity contribution in [3.63, 3.8) is 0 Å². The molecule has 2 aromatic carbocycles. The summed E-state index contributed by atoms with van der Waals surface area (Å²) in [4.78, 5) is 12.5. The fourth-order valence-corrected chi connectivity index (χ4v) is 3.01. The van der Waals surface area contributed by atoms with E-state index in [0.717, 1.165) is 11.3 Å². The minimum Gasteiger partial charge on any atom is -0.493 e. The molecule has 0 radical (unpaired) electrons. The highest BCUT2D eigenvalue weighted by molar-refractivity contribution is 5.93. The number of alkyl halides is 2. The zero-order valence-electron chi connectivity index (χ0n) is 16.9. The van der Waals surface area contributed by atoms with E-state index in [2.05, 4.69) is 20.4 Å². The lowest BCUT2D eigenvalue weighted by molar-refractivity contribution is -0.0512. The Morgan fingerprint density at radius 1 is 1.17 bits per heavy atom. The van der Waals surface area contributed by atoms with E-state index in [1.807, 2.05) is 31.2 Å². The van der Waals surface area contributed by atoms with Crippen molar-refractivity contribution in [3.05, 3.63) is 65.0 Å². The Kier molecular flexibility index (Phi) is 6.61. The number of nitrogens with zero attached hydrogens (tertiary/aromatic N) is 3. The lowest BCUT2D eigenvalue weighted by Crippen LogP contribution is -2.26. The number of aromatic nitrogens is 3. The summed E-state index contributed by atoms with van der Waals surface area (Å²) in [5.74, 6) is -0.191. The average Bonchev–Trinajstić information content (AvgIpc) is 3.09. The molecule has 0 bridgehead atoms. The van der Waals surface area contributed by atoms with Crippen LogP contribution in [0.1, 0.15) is 27.3 Å². The van der Waals surface area contributed by atoms with Crippen molar-refractivity contribution < 1.29 is 23.0 Å². The van der Waals surface area contributed by atoms with E-state index in [1.165, 1.54) is 13.2 Å². The number of hydrogen-bond donors (Lipinski definition) is 1. The third-order valence-corrected chi connectivity index (χ3v) is 4.50. The molecule has 158 valence electrons. The Morgan fingerprint density at radius 3 is 2.67 bits per heavy atom. The molecule has 3 aromatic rings. The topological polar surface area (TPSA) is 78.3 Å². The van der Waals surface area contributed by atoms with E-state index < -0.39 is 6.61 Å². The van der Waals surface area contributed by atoms with Crippen LogP contribution in [-0.2, 0) is 6.42 Å². The molecule has 0 aliphatic heterocycles. The molecule has 1 N–H and O–H groups in total. The number of amides is 1. The number of rotatable bonds is 8. The number of ether oxygens (including phenoxy) is 2. The monoisotopic (exact) mass is 416 g/mol. The van der Waals surface area contributed by atoms with Crippen LogP contribution < -0.4 is 14.8 Å². The number of halogens is 2. The van der Waals surface area contributed by atoms with Gasteiger partial charge in [-0.3, -0.25) is 4.79 Å². The molecule has 1 heterocycles. The van der Waals surface area contributed by atoms with Crippen molar-refractivity contribution in [2.75, 3.05) is 13.7 Å². The van der Waals surface area contributed by atoms with Crippen molar-refractivity contribution in [3.8, 4) is 17.2 Å². The van der Waals surface area contributed by atoms with Crippen LogP contribution >= 0.6 is 0 Å². The summed E-state index contributed by atoms with van der Waals surface area (Å²) in [7, 11) is 1.37. The predicted molar refractivity (Wildman–Crippen MR) is 106 cm³/mol. The third-order valence-electron chi connectivity index (χ3n) is 4.50. The summed E-state index contributed by atoms with van der Waals surface area (Å²) >= 11 is 0. The molecule has 7 nitrogen and oxygen atoms in total. The van der Waals surface area contributed by atoms with Crippen molar-refractivity contribution in [2.24, 2.45) is 0 Å². The molecule has 0 spiro atoms. The van der Waals surface area contributed by atoms with E-state index in [9.17, 15) is 13.6 Å². The van der Waals surface area contributed by atoms with Gasteiger partial charge in [0.25, 0.3) is 5.91 Å². The summed E-state index contributed by atoms with van der Waals surface area (Å²) in [6.07, 6.45) is 0.417. The van der Waals surface area contributed by atoms with Crippen LogP contribution in [-0.4, -0.2) is 41.2 Å². The first-order valence-corrected chi connectivity index (χ1v) is 9.28. The normalized spacial score (nSPS) is 10.9. The Morgan fingerprint density at radius 2 is 1.97 bits per heavy atom. The SMILES string of the molecule is COc1ccc(CCNC(=O)c2nnn(-c3cccc(C)c3)c2C)cc1OC(F)F. The molecule has 3 rings (SSSR count). The Balaban J connectivity index is 1.64. The van der Waals surface area contributed by atoms with Gasteiger partial charge in [-0.1, -0.05) is 23.4 Å². The Bertz CT molecular complexity index is 1040. The largest absolute Gasteiger partial charge is 0.493 e. The summed E-state index contributed by atoms with van der Waals surface area (Å²) in [5.41, 5.74) is 3.46. The number of aryl methyl sites for hydroxylation is 1. The molecule has 0 aliphatic carbocycles. The van der Waals surface area contributed by atoms with Crippen LogP contribution in [0.5, 0.6) is 11.5 Å². The van der Waals surface area contributed by atoms with Gasteiger partial charge in [0.1, 0.15) is 0 Å². The lowest BCUT2D eigenvalue weighted by Gasteiger charge is -2.11. The van der Waals surface area contributed by atoms with Gasteiger partial charge in [-0.15, -0.1) is 5.10 Å². The van der Waals surface area contributed by atoms with Crippen LogP contribution in [0.15, 0.2) is 42.5 Å². The number of benzene rings is 2. The molecule has 0 saturated carbocycles. The minimum atomic E-state index is -2.95. The summed E-state index contributed by atoms with van der Waals surface area (Å²) in [6.45, 7) is 1.08. The van der Waals surface area contributed by atoms with E-state index >= 15 is 0 Å². The smallest absolute Gasteiger partial charge is 0.387 e. The van der Waals surface area contributed by atoms with E-state index in [0.29, 0.717) is 17.7 Å². The van der Waals surface area contributed by atoms with Crippen LogP contribution in [0.25, 0.3) is 5.69 Å². The van der Waals surface area contributed by atoms with Gasteiger partial charge in [-0.2, -0.15) is 8.78 Å². The molecule has 1 amide bonds. The Labute approximate surface area is 172 Å². The summed E-state index contributed by atoms with van der Waals surface area (Å²) in [5, 5.41) is 10.9. The first kappa shape index (κ1) is 21.2. The molecule has 0 aliphatic rings. The fourth-order valence-electron chi connectivity index (χ4n) is 3.01. The van der Waals surface area contributed by atoms with Gasteiger partial charge in [-0.25, -0.2) is 4.68 Å². The average molecular weight is 416 g/mol. The van der Waals surface area contributed by atoms with Crippen molar-refractivity contribution in [1.29, 1.82) is 0 Å². The highest BCUT2D eigenvalue weighted by atomic mass is 19.3. The number of carbonyl (C=O) groups is 1. The number of nitrogens with one attached hydrogen (secondary N) is 1. The van der Waals surface area contributed by atoms with E-state index in [4.69, 9.17) is 4.74 Å². The third kappa shape index (κ3) is 4.91. The number of hydrogen-bond acceptors (Lipinski definition) is 5. The van der Waals surface area contributed by atoms with Gasteiger partial charge in [0.15, 0.2) is 17.2 Å². The zero-order valence-corrected chi connectivity index (χ0v) is 16.9. The van der Waals surface area contributed by atoms with Crippen LogP contribution in [0.2, 0.25) is 0 Å². The fraction of sp³-hybridized carbons (Fsp3) is 0.286. The van der Waals surface area contributed by atoms with Gasteiger partial charge >= 0.3 is 6.61 Å². The zero-order chi connectivity index (χ0) is 21.7. The second-order valence-corrected chi connectivity index (χ2v) is 6.64. The maximum Gasteiger partial charge on any atom is 0.387 e. The second-order valence-electron chi connectivity index (χ2n) is 6.64. The maximum absolute atomic E-state index is 12.5. The van der Waals surface area contributed by atoms with Crippen LogP contribution in [0.4, 0.5) is 8.78 Å². The first-order valence-electron chi connectivity index (χ1n) is 9.28. The number of carbonyl (C=O) groups excluding carboxylic acids is 1. The van der Waals surface area contributed by atoms with Gasteiger partial charge in [0.05, 0.1) is 18.5 Å². The van der Waals surface area contributed by atoms with Crippen molar-refractivity contribution in [2.45, 2.75) is 26.9 Å².